The van der Waals surface area contributed by atoms with Gasteiger partial charge in [0.25, 0.3) is 0 Å². The van der Waals surface area contributed by atoms with Crippen LogP contribution in [0.3, 0.4) is 0 Å². The van der Waals surface area contributed by atoms with Gasteiger partial charge in [0.2, 0.25) is 5.91 Å². The van der Waals surface area contributed by atoms with E-state index < -0.39 is 80.4 Å². The third-order valence-corrected chi connectivity index (χ3v) is 7.01. The van der Waals surface area contributed by atoms with E-state index in [-0.39, 0.29) is 6.42 Å². The molecule has 12 nitrogen and oxygen atoms in total. The molecule has 2 aliphatic heterocycles. The molecule has 0 aromatic rings. The number of rotatable bonds is 16. The lowest BCUT2D eigenvalue weighted by Crippen LogP contribution is -2.56. The lowest BCUT2D eigenvalue weighted by molar-refractivity contribution is -0.203. The minimum atomic E-state index is -1.71. The Balaban J connectivity index is 2.08. The maximum absolute atomic E-state index is 13.3. The SMILES string of the molecule is CCCCCCCCCCCC(=O)N([C@H]1O[C@H]([C@H](O)CO)[C@H](O)[C@@H]1O)[C@H]1O[C@H]([C@H](O)CO)[C@H](O)[C@@H]1O. The highest BCUT2D eigenvalue weighted by Gasteiger charge is 2.56. The Hall–Kier alpha value is -0.930. The predicted molar refractivity (Wildman–Crippen MR) is 126 cm³/mol. The van der Waals surface area contributed by atoms with E-state index in [1.54, 1.807) is 0 Å². The number of hydrogen-bond acceptors (Lipinski definition) is 11. The lowest BCUT2D eigenvalue weighted by atomic mass is 10.0. The zero-order valence-corrected chi connectivity index (χ0v) is 21.0. The maximum atomic E-state index is 13.3. The zero-order valence-electron chi connectivity index (χ0n) is 21.0. The molecule has 212 valence electrons. The molecule has 0 bridgehead atoms. The van der Waals surface area contributed by atoms with Crippen molar-refractivity contribution in [1.82, 2.24) is 4.90 Å². The van der Waals surface area contributed by atoms with Gasteiger partial charge in [-0.15, -0.1) is 0 Å². The summed E-state index contributed by atoms with van der Waals surface area (Å²) in [7, 11) is 0. The molecular weight excluding hydrogens is 478 g/mol. The average Bonchev–Trinajstić information content (AvgIpc) is 3.33. The van der Waals surface area contributed by atoms with Crippen molar-refractivity contribution in [1.29, 1.82) is 0 Å². The van der Waals surface area contributed by atoms with Gasteiger partial charge in [-0.2, -0.15) is 0 Å². The molecule has 2 heterocycles. The Labute approximate surface area is 212 Å². The van der Waals surface area contributed by atoms with Gasteiger partial charge >= 0.3 is 0 Å². The highest BCUT2D eigenvalue weighted by atomic mass is 16.6. The van der Waals surface area contributed by atoms with Crippen molar-refractivity contribution in [2.45, 2.75) is 132 Å². The fraction of sp³-hybridized carbons (Fsp3) is 0.958. The van der Waals surface area contributed by atoms with Crippen LogP contribution in [0.15, 0.2) is 0 Å². The molecule has 8 N–H and O–H groups in total. The van der Waals surface area contributed by atoms with Crippen LogP contribution in [0, 0.1) is 0 Å². The van der Waals surface area contributed by atoms with Crippen molar-refractivity contribution < 1.29 is 55.1 Å². The summed E-state index contributed by atoms with van der Waals surface area (Å²) < 4.78 is 11.1. The summed E-state index contributed by atoms with van der Waals surface area (Å²) in [5.41, 5.74) is 0. The van der Waals surface area contributed by atoms with E-state index in [2.05, 4.69) is 6.92 Å². The van der Waals surface area contributed by atoms with Crippen molar-refractivity contribution >= 4 is 5.91 Å². The van der Waals surface area contributed by atoms with Gasteiger partial charge in [0.15, 0.2) is 12.5 Å². The van der Waals surface area contributed by atoms with Gasteiger partial charge in [0.05, 0.1) is 13.2 Å². The fourth-order valence-electron chi connectivity index (χ4n) is 4.82. The van der Waals surface area contributed by atoms with Gasteiger partial charge in [-0.25, -0.2) is 0 Å². The van der Waals surface area contributed by atoms with Crippen LogP contribution in [0.2, 0.25) is 0 Å². The standard InChI is InChI=1S/C24H45NO11/c1-2-3-4-5-6-7-8-9-10-11-16(30)25(23-19(33)17(31)21(35-23)14(28)12-26)24-20(34)18(32)22(36-24)15(29)13-27/h14-15,17-24,26-29,31-34H,2-13H2,1H3/t14-,15-,17-,18-,19+,20+,21-,22-,23+,24+/m1/s1. The first kappa shape index (κ1) is 31.3. The Bertz CT molecular complexity index is 605. The van der Waals surface area contributed by atoms with E-state index >= 15 is 0 Å². The molecule has 0 unspecified atom stereocenters. The molecule has 2 rings (SSSR count). The van der Waals surface area contributed by atoms with Crippen LogP contribution in [0.4, 0.5) is 0 Å². The number of unbranched alkanes of at least 4 members (excludes halogenated alkanes) is 8. The molecule has 0 aromatic heterocycles. The van der Waals surface area contributed by atoms with Gasteiger partial charge in [0, 0.05) is 6.42 Å². The van der Waals surface area contributed by atoms with Crippen LogP contribution in [-0.4, -0.2) is 126 Å². The van der Waals surface area contributed by atoms with Gasteiger partial charge < -0.3 is 50.3 Å². The van der Waals surface area contributed by atoms with Crippen LogP contribution in [0.5, 0.6) is 0 Å². The number of aliphatic hydroxyl groups is 8. The smallest absolute Gasteiger partial charge is 0.226 e. The van der Waals surface area contributed by atoms with Gasteiger partial charge in [-0.05, 0) is 6.42 Å². The normalized spacial score (nSPS) is 34.1. The van der Waals surface area contributed by atoms with Crippen molar-refractivity contribution in [2.75, 3.05) is 13.2 Å². The second-order valence-corrected chi connectivity index (χ2v) is 9.82. The van der Waals surface area contributed by atoms with E-state index in [1.807, 2.05) is 0 Å². The molecule has 2 aliphatic rings. The number of hydrogen-bond donors (Lipinski definition) is 8. The van der Waals surface area contributed by atoms with Crippen LogP contribution < -0.4 is 0 Å². The zero-order chi connectivity index (χ0) is 26.8. The number of aliphatic hydroxyl groups excluding tert-OH is 8. The Kier molecular flexibility index (Phi) is 13.4. The molecular formula is C24H45NO11. The summed E-state index contributed by atoms with van der Waals surface area (Å²) in [6.45, 7) is 0.635. The minimum absolute atomic E-state index is 0.00161. The minimum Gasteiger partial charge on any atom is -0.394 e. The fourth-order valence-corrected chi connectivity index (χ4v) is 4.82. The number of ether oxygens (including phenoxy) is 2. The topological polar surface area (TPSA) is 201 Å². The van der Waals surface area contributed by atoms with E-state index in [9.17, 15) is 45.6 Å². The third kappa shape index (κ3) is 7.79. The molecule has 10 atom stereocenters. The van der Waals surface area contributed by atoms with Crippen molar-refractivity contribution in [3.05, 3.63) is 0 Å². The first-order valence-corrected chi connectivity index (χ1v) is 13.1. The number of carbonyl (C=O) groups is 1. The van der Waals surface area contributed by atoms with Gasteiger partial charge in [0.1, 0.15) is 48.8 Å². The number of nitrogens with zero attached hydrogens (tertiary/aromatic N) is 1. The summed E-state index contributed by atoms with van der Waals surface area (Å²) >= 11 is 0. The molecule has 2 fully saturated rings. The maximum Gasteiger partial charge on any atom is 0.226 e. The molecule has 0 aliphatic carbocycles. The Morgan fingerprint density at radius 3 is 1.47 bits per heavy atom. The van der Waals surface area contributed by atoms with Crippen molar-refractivity contribution in [2.24, 2.45) is 0 Å². The monoisotopic (exact) mass is 523 g/mol. The summed E-state index contributed by atoms with van der Waals surface area (Å²) in [6, 6.07) is 0. The van der Waals surface area contributed by atoms with E-state index in [0.29, 0.717) is 6.42 Å². The molecule has 0 saturated carbocycles. The largest absolute Gasteiger partial charge is 0.394 e. The van der Waals surface area contributed by atoms with Crippen molar-refractivity contribution in [3.63, 3.8) is 0 Å². The predicted octanol–water partition coefficient (Wildman–Crippen LogP) is -1.66. The van der Waals surface area contributed by atoms with Crippen LogP contribution in [0.25, 0.3) is 0 Å². The molecule has 2 saturated heterocycles. The Morgan fingerprint density at radius 1 is 0.694 bits per heavy atom. The summed E-state index contributed by atoms with van der Waals surface area (Å²) in [5, 5.41) is 80.3. The highest BCUT2D eigenvalue weighted by molar-refractivity contribution is 5.77. The number of carbonyl (C=O) groups excluding carboxylic acids is 1. The Morgan fingerprint density at radius 2 is 1.08 bits per heavy atom. The third-order valence-electron chi connectivity index (χ3n) is 7.01. The van der Waals surface area contributed by atoms with E-state index in [0.717, 1.165) is 30.6 Å². The van der Waals surface area contributed by atoms with E-state index in [4.69, 9.17) is 9.47 Å². The van der Waals surface area contributed by atoms with Crippen LogP contribution in [-0.2, 0) is 14.3 Å². The second kappa shape index (κ2) is 15.5. The van der Waals surface area contributed by atoms with Crippen LogP contribution in [0.1, 0.15) is 71.1 Å². The molecule has 1 amide bonds. The molecule has 0 spiro atoms. The van der Waals surface area contributed by atoms with Crippen molar-refractivity contribution in [3.8, 4) is 0 Å². The molecule has 12 heteroatoms. The van der Waals surface area contributed by atoms with Crippen LogP contribution >= 0.6 is 0 Å². The summed E-state index contributed by atoms with van der Waals surface area (Å²) in [6.07, 6.45) is -6.55. The molecule has 0 radical (unpaired) electrons. The second-order valence-electron chi connectivity index (χ2n) is 9.82. The van der Waals surface area contributed by atoms with Gasteiger partial charge in [-0.3, -0.25) is 9.69 Å². The first-order chi connectivity index (χ1) is 17.2. The molecule has 0 aromatic carbocycles. The average molecular weight is 524 g/mol. The number of amides is 1. The quantitative estimate of drug-likeness (QED) is 0.108. The molecule has 36 heavy (non-hydrogen) atoms. The lowest BCUT2D eigenvalue weighted by Gasteiger charge is -2.36. The highest BCUT2D eigenvalue weighted by Crippen LogP contribution is 2.34. The van der Waals surface area contributed by atoms with Gasteiger partial charge in [-0.1, -0.05) is 58.3 Å². The van der Waals surface area contributed by atoms with E-state index in [1.165, 1.54) is 25.7 Å². The summed E-state index contributed by atoms with van der Waals surface area (Å²) in [4.78, 5) is 14.2. The first-order valence-electron chi connectivity index (χ1n) is 13.1. The summed E-state index contributed by atoms with van der Waals surface area (Å²) in [5.74, 6) is -0.594.